The first-order chi connectivity index (χ1) is 16.0. The average Bonchev–Trinajstić information content (AvgIpc) is 3.17. The molecular formula is C29H30N2O2. The van der Waals surface area contributed by atoms with Crippen molar-refractivity contribution in [2.75, 3.05) is 7.11 Å². The minimum Gasteiger partial charge on any atom is -0.497 e. The summed E-state index contributed by atoms with van der Waals surface area (Å²) in [6.07, 6.45) is 0. The van der Waals surface area contributed by atoms with Gasteiger partial charge < -0.3 is 14.1 Å². The molecule has 0 fully saturated rings. The number of benzene rings is 3. The maximum atomic E-state index is 5.74. The molecule has 0 atom stereocenters. The first-order valence-electron chi connectivity index (χ1n) is 11.1. The molecule has 0 aliphatic heterocycles. The van der Waals surface area contributed by atoms with E-state index in [4.69, 9.17) is 9.57 Å². The van der Waals surface area contributed by atoms with Gasteiger partial charge in [0.2, 0.25) is 0 Å². The van der Waals surface area contributed by atoms with Crippen molar-refractivity contribution >= 4 is 5.71 Å². The molecular weight excluding hydrogens is 408 g/mol. The molecule has 0 radical (unpaired) electrons. The van der Waals surface area contributed by atoms with E-state index >= 15 is 0 Å². The normalized spacial score (nSPS) is 11.5. The molecule has 0 aliphatic rings. The SMILES string of the molecule is COc1ccc(-c2cc(/C(C)=N\OCc3ccccc3C)c(C)n2-c2cccc(C)c2)cc1. The van der Waals surface area contributed by atoms with Crippen LogP contribution in [0.25, 0.3) is 16.9 Å². The lowest BCUT2D eigenvalue weighted by Gasteiger charge is -2.13. The molecule has 4 aromatic rings. The molecule has 1 aromatic heterocycles. The first kappa shape index (κ1) is 22.4. The van der Waals surface area contributed by atoms with Crippen LogP contribution in [0.15, 0.2) is 84.0 Å². The first-order valence-corrected chi connectivity index (χ1v) is 11.1. The highest BCUT2D eigenvalue weighted by Crippen LogP contribution is 2.31. The Balaban J connectivity index is 1.73. The summed E-state index contributed by atoms with van der Waals surface area (Å²) in [5.74, 6) is 0.840. The Morgan fingerprint density at radius 2 is 1.64 bits per heavy atom. The lowest BCUT2D eigenvalue weighted by molar-refractivity contribution is 0.130. The van der Waals surface area contributed by atoms with Gasteiger partial charge in [-0.15, -0.1) is 0 Å². The van der Waals surface area contributed by atoms with Crippen LogP contribution in [0.4, 0.5) is 0 Å². The Hall–Kier alpha value is -3.79. The average molecular weight is 439 g/mol. The number of nitrogens with zero attached hydrogens (tertiary/aromatic N) is 2. The van der Waals surface area contributed by atoms with E-state index in [-0.39, 0.29) is 0 Å². The van der Waals surface area contributed by atoms with Crippen molar-refractivity contribution in [2.45, 2.75) is 34.3 Å². The monoisotopic (exact) mass is 438 g/mol. The van der Waals surface area contributed by atoms with Gasteiger partial charge in [0.1, 0.15) is 12.4 Å². The third kappa shape index (κ3) is 4.85. The van der Waals surface area contributed by atoms with E-state index in [9.17, 15) is 0 Å². The number of rotatable bonds is 7. The molecule has 4 heteroatoms. The molecule has 0 unspecified atom stereocenters. The number of ether oxygens (including phenoxy) is 1. The van der Waals surface area contributed by atoms with E-state index < -0.39 is 0 Å². The van der Waals surface area contributed by atoms with Gasteiger partial charge in [-0.2, -0.15) is 0 Å². The summed E-state index contributed by atoms with van der Waals surface area (Å²) in [6, 6.07) is 27.1. The molecule has 4 nitrogen and oxygen atoms in total. The largest absolute Gasteiger partial charge is 0.497 e. The van der Waals surface area contributed by atoms with E-state index in [0.29, 0.717) is 6.61 Å². The smallest absolute Gasteiger partial charge is 0.142 e. The number of oxime groups is 1. The predicted octanol–water partition coefficient (Wildman–Crippen LogP) is 7.02. The van der Waals surface area contributed by atoms with Crippen LogP contribution >= 0.6 is 0 Å². The molecule has 1 heterocycles. The van der Waals surface area contributed by atoms with E-state index in [0.717, 1.165) is 45.2 Å². The van der Waals surface area contributed by atoms with Gasteiger partial charge in [0, 0.05) is 16.9 Å². The quantitative estimate of drug-likeness (QED) is 0.230. The summed E-state index contributed by atoms with van der Waals surface area (Å²) < 4.78 is 7.63. The second-order valence-corrected chi connectivity index (χ2v) is 8.31. The maximum absolute atomic E-state index is 5.74. The zero-order valence-electron chi connectivity index (χ0n) is 19.9. The van der Waals surface area contributed by atoms with Gasteiger partial charge in [-0.3, -0.25) is 0 Å². The number of methoxy groups -OCH3 is 1. The van der Waals surface area contributed by atoms with Crippen molar-refractivity contribution in [3.05, 3.63) is 107 Å². The molecule has 0 spiro atoms. The Bertz CT molecular complexity index is 1280. The number of hydrogen-bond donors (Lipinski definition) is 0. The third-order valence-electron chi connectivity index (χ3n) is 5.97. The van der Waals surface area contributed by atoms with Crippen LogP contribution in [0.2, 0.25) is 0 Å². The Labute approximate surface area is 196 Å². The Morgan fingerprint density at radius 3 is 2.33 bits per heavy atom. The van der Waals surface area contributed by atoms with E-state index in [2.05, 4.69) is 85.1 Å². The summed E-state index contributed by atoms with van der Waals surface area (Å²) in [7, 11) is 1.68. The summed E-state index contributed by atoms with van der Waals surface area (Å²) in [5, 5.41) is 4.46. The fraction of sp³-hybridized carbons (Fsp3) is 0.207. The standard InChI is InChI=1S/C29H30N2O2/c1-20-9-8-12-26(17-20)31-23(4)28(18-29(31)24-13-15-27(32-5)16-14-24)22(3)30-33-19-25-11-7-6-10-21(25)2/h6-18H,19H2,1-5H3/b30-22-. The van der Waals surface area contributed by atoms with Gasteiger partial charge in [-0.1, -0.05) is 41.6 Å². The zero-order valence-corrected chi connectivity index (χ0v) is 19.9. The molecule has 0 bridgehead atoms. The molecule has 33 heavy (non-hydrogen) atoms. The maximum Gasteiger partial charge on any atom is 0.142 e. The van der Waals surface area contributed by atoms with E-state index in [1.54, 1.807) is 7.11 Å². The van der Waals surface area contributed by atoms with Gasteiger partial charge in [0.15, 0.2) is 0 Å². The van der Waals surface area contributed by atoms with Crippen LogP contribution in [-0.4, -0.2) is 17.4 Å². The predicted molar refractivity (Wildman–Crippen MR) is 135 cm³/mol. The van der Waals surface area contributed by atoms with Crippen LogP contribution in [-0.2, 0) is 11.4 Å². The molecule has 168 valence electrons. The highest BCUT2D eigenvalue weighted by Gasteiger charge is 2.17. The van der Waals surface area contributed by atoms with Gasteiger partial charge in [0.25, 0.3) is 0 Å². The molecule has 4 rings (SSSR count). The van der Waals surface area contributed by atoms with Gasteiger partial charge in [-0.05, 0) is 92.4 Å². The van der Waals surface area contributed by atoms with Gasteiger partial charge in [0.05, 0.1) is 18.5 Å². The van der Waals surface area contributed by atoms with Gasteiger partial charge in [-0.25, -0.2) is 0 Å². The zero-order chi connectivity index (χ0) is 23.4. The van der Waals surface area contributed by atoms with Crippen LogP contribution in [0.5, 0.6) is 5.75 Å². The summed E-state index contributed by atoms with van der Waals surface area (Å²) in [5.41, 5.74) is 9.93. The van der Waals surface area contributed by atoms with Gasteiger partial charge >= 0.3 is 0 Å². The highest BCUT2D eigenvalue weighted by atomic mass is 16.6. The highest BCUT2D eigenvalue weighted by molar-refractivity contribution is 6.01. The van der Waals surface area contributed by atoms with E-state index in [1.807, 2.05) is 31.2 Å². The van der Waals surface area contributed by atoms with Crippen molar-refractivity contribution in [3.63, 3.8) is 0 Å². The number of aromatic nitrogens is 1. The molecule has 0 saturated carbocycles. The number of hydrogen-bond acceptors (Lipinski definition) is 3. The second-order valence-electron chi connectivity index (χ2n) is 8.31. The second kappa shape index (κ2) is 9.78. The van der Waals surface area contributed by atoms with Crippen LogP contribution < -0.4 is 4.74 Å². The topological polar surface area (TPSA) is 35.8 Å². The van der Waals surface area contributed by atoms with Crippen molar-refractivity contribution in [3.8, 4) is 22.7 Å². The van der Waals surface area contributed by atoms with Crippen molar-refractivity contribution in [2.24, 2.45) is 5.16 Å². The van der Waals surface area contributed by atoms with Crippen LogP contribution in [0.3, 0.4) is 0 Å². The minimum atomic E-state index is 0.451. The summed E-state index contributed by atoms with van der Waals surface area (Å²) in [6.45, 7) is 8.78. The van der Waals surface area contributed by atoms with Crippen molar-refractivity contribution in [1.82, 2.24) is 4.57 Å². The number of aryl methyl sites for hydroxylation is 2. The summed E-state index contributed by atoms with van der Waals surface area (Å²) >= 11 is 0. The molecule has 0 saturated heterocycles. The Kier molecular flexibility index (Phi) is 6.64. The van der Waals surface area contributed by atoms with Crippen molar-refractivity contribution < 1.29 is 9.57 Å². The minimum absolute atomic E-state index is 0.451. The molecule has 0 amide bonds. The molecule has 0 N–H and O–H groups in total. The lowest BCUT2D eigenvalue weighted by Crippen LogP contribution is -2.03. The van der Waals surface area contributed by atoms with E-state index in [1.165, 1.54) is 11.1 Å². The summed E-state index contributed by atoms with van der Waals surface area (Å²) in [4.78, 5) is 5.74. The van der Waals surface area contributed by atoms with Crippen LogP contribution in [0, 0.1) is 20.8 Å². The Morgan fingerprint density at radius 1 is 0.879 bits per heavy atom. The fourth-order valence-electron chi connectivity index (χ4n) is 4.07. The molecule has 3 aromatic carbocycles. The lowest BCUT2D eigenvalue weighted by atomic mass is 10.1. The van der Waals surface area contributed by atoms with Crippen LogP contribution in [0.1, 0.15) is 34.9 Å². The van der Waals surface area contributed by atoms with Crippen molar-refractivity contribution in [1.29, 1.82) is 0 Å². The fourth-order valence-corrected chi connectivity index (χ4v) is 4.07. The third-order valence-corrected chi connectivity index (χ3v) is 5.97. The molecule has 0 aliphatic carbocycles.